The van der Waals surface area contributed by atoms with Crippen molar-refractivity contribution in [2.75, 3.05) is 0 Å². The quantitative estimate of drug-likeness (QED) is 0.416. The standard InChI is InChI=1S/C27H44N2/c1-17(2)15-26(23(11)18(3)4)28-21(9)16-22(10)29-27-24(19(5)6)13-12-14-25(27)20(7)8/h12-14,16-20,28H,15H2,1-11H3/b21-16?,26-23-,29-22?. The van der Waals surface area contributed by atoms with Crippen LogP contribution in [0.2, 0.25) is 0 Å². The van der Waals surface area contributed by atoms with Crippen molar-refractivity contribution in [2.45, 2.75) is 94.4 Å². The molecule has 0 saturated heterocycles. The van der Waals surface area contributed by atoms with E-state index >= 15 is 0 Å². The molecule has 0 radical (unpaired) electrons. The summed E-state index contributed by atoms with van der Waals surface area (Å²) in [5, 5.41) is 3.68. The van der Waals surface area contributed by atoms with Gasteiger partial charge in [-0.05, 0) is 68.1 Å². The van der Waals surface area contributed by atoms with Gasteiger partial charge >= 0.3 is 0 Å². The number of hydrogen-bond donors (Lipinski definition) is 1. The maximum Gasteiger partial charge on any atom is 0.0701 e. The normalized spacial score (nSPS) is 14.3. The fourth-order valence-corrected chi connectivity index (χ4v) is 3.50. The van der Waals surface area contributed by atoms with Crippen molar-refractivity contribution in [3.63, 3.8) is 0 Å². The average Bonchev–Trinajstić information content (AvgIpc) is 2.59. The molecule has 2 heteroatoms. The van der Waals surface area contributed by atoms with Crippen molar-refractivity contribution >= 4 is 11.4 Å². The molecule has 0 saturated carbocycles. The Balaban J connectivity index is 3.28. The van der Waals surface area contributed by atoms with E-state index in [0.717, 1.165) is 23.5 Å². The number of nitrogens with one attached hydrogen (secondary N) is 1. The van der Waals surface area contributed by atoms with Gasteiger partial charge in [-0.1, -0.05) is 79.2 Å². The van der Waals surface area contributed by atoms with Gasteiger partial charge in [0.1, 0.15) is 0 Å². The van der Waals surface area contributed by atoms with Crippen LogP contribution in [0.1, 0.15) is 106 Å². The first-order valence-electron chi connectivity index (χ1n) is 11.3. The summed E-state index contributed by atoms with van der Waals surface area (Å²) in [6.45, 7) is 24.5. The minimum atomic E-state index is 0.456. The third-order valence-corrected chi connectivity index (χ3v) is 5.36. The number of hydrogen-bond acceptors (Lipinski definition) is 2. The Bertz CT molecular complexity index is 732. The molecule has 162 valence electrons. The van der Waals surface area contributed by atoms with E-state index in [9.17, 15) is 0 Å². The molecule has 1 rings (SSSR count). The Labute approximate surface area is 180 Å². The summed E-state index contributed by atoms with van der Waals surface area (Å²) in [6.07, 6.45) is 3.24. The predicted molar refractivity (Wildman–Crippen MR) is 131 cm³/mol. The Morgan fingerprint density at radius 2 is 1.41 bits per heavy atom. The second-order valence-corrected chi connectivity index (χ2v) is 9.71. The van der Waals surface area contributed by atoms with Crippen LogP contribution >= 0.6 is 0 Å². The zero-order chi connectivity index (χ0) is 22.3. The van der Waals surface area contributed by atoms with Gasteiger partial charge in [-0.25, -0.2) is 0 Å². The van der Waals surface area contributed by atoms with Crippen molar-refractivity contribution in [1.82, 2.24) is 5.32 Å². The first kappa shape index (κ1) is 25.2. The van der Waals surface area contributed by atoms with Gasteiger partial charge in [0.2, 0.25) is 0 Å². The molecule has 0 aliphatic heterocycles. The van der Waals surface area contributed by atoms with Gasteiger partial charge in [-0.2, -0.15) is 0 Å². The lowest BCUT2D eigenvalue weighted by atomic mass is 9.93. The molecule has 1 aromatic carbocycles. The van der Waals surface area contributed by atoms with Crippen molar-refractivity contribution in [3.8, 4) is 0 Å². The molecule has 29 heavy (non-hydrogen) atoms. The van der Waals surface area contributed by atoms with E-state index in [2.05, 4.69) is 106 Å². The average molecular weight is 397 g/mol. The summed E-state index contributed by atoms with van der Waals surface area (Å²) in [6, 6.07) is 6.60. The second-order valence-electron chi connectivity index (χ2n) is 9.71. The Morgan fingerprint density at radius 1 is 0.897 bits per heavy atom. The summed E-state index contributed by atoms with van der Waals surface area (Å²) >= 11 is 0. The van der Waals surface area contributed by atoms with Crippen LogP contribution in [0, 0.1) is 11.8 Å². The topological polar surface area (TPSA) is 24.4 Å². The van der Waals surface area contributed by atoms with Crippen LogP contribution in [0.5, 0.6) is 0 Å². The highest BCUT2D eigenvalue weighted by Crippen LogP contribution is 2.35. The first-order chi connectivity index (χ1) is 13.4. The van der Waals surface area contributed by atoms with Crippen molar-refractivity contribution < 1.29 is 0 Å². The van der Waals surface area contributed by atoms with Crippen LogP contribution in [-0.4, -0.2) is 5.71 Å². The SMILES string of the molecule is CC(=CC(C)=Nc1c(C(C)C)cccc1C(C)C)N/C(CC(C)C)=C(/C)C(C)C. The van der Waals surface area contributed by atoms with E-state index in [0.29, 0.717) is 23.7 Å². The molecule has 1 N–H and O–H groups in total. The van der Waals surface area contributed by atoms with E-state index in [4.69, 9.17) is 4.99 Å². The zero-order valence-electron chi connectivity index (χ0n) is 20.8. The smallest absolute Gasteiger partial charge is 0.0701 e. The van der Waals surface area contributed by atoms with Crippen LogP contribution in [0.25, 0.3) is 0 Å². The molecule has 0 aliphatic carbocycles. The van der Waals surface area contributed by atoms with Gasteiger partial charge in [0.15, 0.2) is 0 Å². The van der Waals surface area contributed by atoms with Gasteiger partial charge in [0.25, 0.3) is 0 Å². The molecule has 0 spiro atoms. The van der Waals surface area contributed by atoms with Crippen LogP contribution in [0.3, 0.4) is 0 Å². The van der Waals surface area contributed by atoms with E-state index in [1.54, 1.807) is 0 Å². The molecule has 0 aliphatic rings. The number of aliphatic imine (C=N–C) groups is 1. The van der Waals surface area contributed by atoms with E-state index < -0.39 is 0 Å². The van der Waals surface area contributed by atoms with Gasteiger partial charge < -0.3 is 5.32 Å². The van der Waals surface area contributed by atoms with E-state index in [1.807, 2.05) is 0 Å². The third-order valence-electron chi connectivity index (χ3n) is 5.36. The first-order valence-corrected chi connectivity index (χ1v) is 11.3. The Hall–Kier alpha value is -1.83. The third kappa shape index (κ3) is 7.84. The lowest BCUT2D eigenvalue weighted by Crippen LogP contribution is -2.17. The largest absolute Gasteiger partial charge is 0.362 e. The molecular formula is C27H44N2. The summed E-state index contributed by atoms with van der Waals surface area (Å²) in [5.41, 5.74) is 8.77. The van der Waals surface area contributed by atoms with E-state index in [1.165, 1.54) is 22.4 Å². The molecule has 0 fully saturated rings. The maximum absolute atomic E-state index is 5.07. The van der Waals surface area contributed by atoms with Crippen LogP contribution < -0.4 is 5.32 Å². The number of allylic oxidation sites excluding steroid dienone is 4. The van der Waals surface area contributed by atoms with Gasteiger partial charge in [0, 0.05) is 17.1 Å². The predicted octanol–water partition coefficient (Wildman–Crippen LogP) is 8.50. The van der Waals surface area contributed by atoms with Crippen LogP contribution in [-0.2, 0) is 0 Å². The van der Waals surface area contributed by atoms with Crippen LogP contribution in [0.15, 0.2) is 46.2 Å². The molecule has 0 bridgehead atoms. The molecule has 2 nitrogen and oxygen atoms in total. The summed E-state index contributed by atoms with van der Waals surface area (Å²) in [7, 11) is 0. The highest BCUT2D eigenvalue weighted by atomic mass is 14.9. The molecule has 0 atom stereocenters. The van der Waals surface area contributed by atoms with Crippen molar-refractivity contribution in [2.24, 2.45) is 16.8 Å². The highest BCUT2D eigenvalue weighted by molar-refractivity contribution is 5.95. The van der Waals surface area contributed by atoms with Gasteiger partial charge in [0.05, 0.1) is 5.69 Å². The molecule has 0 unspecified atom stereocenters. The zero-order valence-corrected chi connectivity index (χ0v) is 20.8. The fourth-order valence-electron chi connectivity index (χ4n) is 3.50. The summed E-state index contributed by atoms with van der Waals surface area (Å²) in [5.74, 6) is 2.08. The molecular weight excluding hydrogens is 352 g/mol. The molecule has 0 amide bonds. The van der Waals surface area contributed by atoms with E-state index in [-0.39, 0.29) is 0 Å². The maximum atomic E-state index is 5.07. The minimum Gasteiger partial charge on any atom is -0.362 e. The molecule has 1 aromatic rings. The lowest BCUT2D eigenvalue weighted by Gasteiger charge is -2.20. The fraction of sp³-hybridized carbons (Fsp3) is 0.593. The number of rotatable bonds is 9. The minimum absolute atomic E-state index is 0.456. The highest BCUT2D eigenvalue weighted by Gasteiger charge is 2.13. The van der Waals surface area contributed by atoms with Gasteiger partial charge in [-0.3, -0.25) is 4.99 Å². The second kappa shape index (κ2) is 11.4. The summed E-state index contributed by atoms with van der Waals surface area (Å²) in [4.78, 5) is 5.07. The Morgan fingerprint density at radius 3 is 1.83 bits per heavy atom. The lowest BCUT2D eigenvalue weighted by molar-refractivity contribution is 0.599. The Kier molecular flexibility index (Phi) is 9.89. The van der Waals surface area contributed by atoms with Crippen molar-refractivity contribution in [1.29, 1.82) is 0 Å². The molecule has 0 aromatic heterocycles. The number of para-hydroxylation sites is 1. The summed E-state index contributed by atoms with van der Waals surface area (Å²) < 4.78 is 0. The van der Waals surface area contributed by atoms with Crippen molar-refractivity contribution in [3.05, 3.63) is 52.4 Å². The number of nitrogens with zero attached hydrogens (tertiary/aromatic N) is 1. The molecule has 0 heterocycles. The monoisotopic (exact) mass is 396 g/mol. The number of benzene rings is 1. The van der Waals surface area contributed by atoms with Gasteiger partial charge in [-0.15, -0.1) is 0 Å². The van der Waals surface area contributed by atoms with Crippen LogP contribution in [0.4, 0.5) is 5.69 Å².